The van der Waals surface area contributed by atoms with Gasteiger partial charge >= 0.3 is 0 Å². The molecule has 2 nitrogen and oxygen atoms in total. The first-order valence-electron chi connectivity index (χ1n) is 7.42. The van der Waals surface area contributed by atoms with Crippen LogP contribution in [0.5, 0.6) is 5.75 Å². The van der Waals surface area contributed by atoms with Crippen LogP contribution in [0.1, 0.15) is 29.0 Å². The number of halogens is 2. The number of methoxy groups -OCH3 is 1. The molecule has 0 aliphatic heterocycles. The Balaban J connectivity index is 2.12. The summed E-state index contributed by atoms with van der Waals surface area (Å²) in [4.78, 5) is 0. The molecule has 0 bridgehead atoms. The Hall–Kier alpha value is -1.22. The number of ether oxygens (including phenoxy) is 1. The van der Waals surface area contributed by atoms with E-state index in [9.17, 15) is 0 Å². The van der Waals surface area contributed by atoms with Gasteiger partial charge in [0.15, 0.2) is 0 Å². The van der Waals surface area contributed by atoms with Crippen LogP contribution < -0.4 is 10.1 Å². The predicted octanol–water partition coefficient (Wildman–Crippen LogP) is 4.67. The minimum absolute atomic E-state index is 0.257. The van der Waals surface area contributed by atoms with Crippen molar-refractivity contribution in [2.24, 2.45) is 0 Å². The Morgan fingerprint density at radius 1 is 1.14 bits per heavy atom. The van der Waals surface area contributed by atoms with Gasteiger partial charge in [-0.25, -0.2) is 0 Å². The van der Waals surface area contributed by atoms with Gasteiger partial charge in [-0.1, -0.05) is 41.4 Å². The van der Waals surface area contributed by atoms with E-state index < -0.39 is 0 Å². The SMILES string of the molecule is CNC1Cc2cccc(OC)c2C(c2ccc(Cl)c(Cl)c2)C1. The summed E-state index contributed by atoms with van der Waals surface area (Å²) >= 11 is 12.3. The van der Waals surface area contributed by atoms with Crippen molar-refractivity contribution < 1.29 is 4.74 Å². The number of hydrogen-bond acceptors (Lipinski definition) is 2. The second-order valence-corrected chi connectivity index (χ2v) is 6.50. The standard InChI is InChI=1S/C18H19Cl2NO/c1-21-13-8-12-4-3-5-17(22-2)18(12)14(10-13)11-6-7-15(19)16(20)9-11/h3-7,9,13-14,21H,8,10H2,1-2H3. The normalized spacial score (nSPS) is 20.5. The molecule has 0 radical (unpaired) electrons. The van der Waals surface area contributed by atoms with E-state index in [0.29, 0.717) is 16.1 Å². The van der Waals surface area contributed by atoms with Crippen LogP contribution >= 0.6 is 23.2 Å². The third-order valence-corrected chi connectivity index (χ3v) is 5.20. The third kappa shape index (κ3) is 2.83. The molecule has 1 aliphatic carbocycles. The molecule has 0 spiro atoms. The molecular weight excluding hydrogens is 317 g/mol. The van der Waals surface area contributed by atoms with Gasteiger partial charge in [-0.05, 0) is 49.2 Å². The average molecular weight is 336 g/mol. The Morgan fingerprint density at radius 2 is 1.95 bits per heavy atom. The lowest BCUT2D eigenvalue weighted by molar-refractivity contribution is 0.392. The average Bonchev–Trinajstić information content (AvgIpc) is 2.55. The molecular formula is C18H19Cl2NO. The highest BCUT2D eigenvalue weighted by Gasteiger charge is 2.30. The Kier molecular flexibility index (Phi) is 4.62. The second-order valence-electron chi connectivity index (χ2n) is 5.68. The lowest BCUT2D eigenvalue weighted by atomic mass is 9.76. The molecule has 0 saturated carbocycles. The maximum atomic E-state index is 6.23. The summed E-state index contributed by atoms with van der Waals surface area (Å²) in [5.74, 6) is 1.20. The van der Waals surface area contributed by atoms with E-state index in [2.05, 4.69) is 23.5 Å². The fourth-order valence-corrected chi connectivity index (χ4v) is 3.65. The summed E-state index contributed by atoms with van der Waals surface area (Å²) in [6.45, 7) is 0. The van der Waals surface area contributed by atoms with Gasteiger partial charge in [0, 0.05) is 17.5 Å². The van der Waals surface area contributed by atoms with Crippen molar-refractivity contribution in [3.63, 3.8) is 0 Å². The first kappa shape index (κ1) is 15.7. The van der Waals surface area contributed by atoms with Crippen molar-refractivity contribution in [2.45, 2.75) is 24.8 Å². The second kappa shape index (κ2) is 6.49. The largest absolute Gasteiger partial charge is 0.496 e. The van der Waals surface area contributed by atoms with Crippen LogP contribution in [0.2, 0.25) is 10.0 Å². The molecule has 116 valence electrons. The van der Waals surface area contributed by atoms with Crippen LogP contribution in [0.25, 0.3) is 0 Å². The zero-order chi connectivity index (χ0) is 15.7. The zero-order valence-corrected chi connectivity index (χ0v) is 14.2. The van der Waals surface area contributed by atoms with Gasteiger partial charge in [0.25, 0.3) is 0 Å². The lowest BCUT2D eigenvalue weighted by Crippen LogP contribution is -2.34. The number of fused-ring (bicyclic) bond motifs is 1. The Bertz CT molecular complexity index is 687. The molecule has 2 aromatic carbocycles. The molecule has 0 fully saturated rings. The van der Waals surface area contributed by atoms with Crippen LogP contribution in [-0.4, -0.2) is 20.2 Å². The molecule has 0 heterocycles. The summed E-state index contributed by atoms with van der Waals surface area (Å²) in [5, 5.41) is 4.60. The fraction of sp³-hybridized carbons (Fsp3) is 0.333. The molecule has 0 amide bonds. The summed E-state index contributed by atoms with van der Waals surface area (Å²) < 4.78 is 5.61. The molecule has 0 aromatic heterocycles. The predicted molar refractivity (Wildman–Crippen MR) is 92.5 cm³/mol. The molecule has 22 heavy (non-hydrogen) atoms. The van der Waals surface area contributed by atoms with Gasteiger partial charge in [0.1, 0.15) is 5.75 Å². The van der Waals surface area contributed by atoms with Gasteiger partial charge in [-0.3, -0.25) is 0 Å². The van der Waals surface area contributed by atoms with Crippen molar-refractivity contribution in [1.29, 1.82) is 0 Å². The number of rotatable bonds is 3. The number of hydrogen-bond donors (Lipinski definition) is 1. The summed E-state index contributed by atoms with van der Waals surface area (Å²) in [6.07, 6.45) is 2.03. The maximum Gasteiger partial charge on any atom is 0.122 e. The molecule has 4 heteroatoms. The first-order chi connectivity index (χ1) is 10.6. The molecule has 0 saturated heterocycles. The van der Waals surface area contributed by atoms with Crippen LogP contribution in [0.4, 0.5) is 0 Å². The quantitative estimate of drug-likeness (QED) is 0.880. The van der Waals surface area contributed by atoms with Gasteiger partial charge in [0.2, 0.25) is 0 Å². The first-order valence-corrected chi connectivity index (χ1v) is 8.17. The Morgan fingerprint density at radius 3 is 2.64 bits per heavy atom. The number of likely N-dealkylation sites (N-methyl/N-ethyl adjacent to an activating group) is 1. The van der Waals surface area contributed by atoms with Crippen LogP contribution in [0, 0.1) is 0 Å². The highest BCUT2D eigenvalue weighted by Crippen LogP contribution is 2.42. The lowest BCUT2D eigenvalue weighted by Gasteiger charge is -2.33. The molecule has 2 atom stereocenters. The summed E-state index contributed by atoms with van der Waals surface area (Å²) in [5.41, 5.74) is 3.79. The van der Waals surface area contributed by atoms with E-state index in [1.54, 1.807) is 7.11 Å². The highest BCUT2D eigenvalue weighted by molar-refractivity contribution is 6.42. The minimum Gasteiger partial charge on any atom is -0.496 e. The monoisotopic (exact) mass is 335 g/mol. The highest BCUT2D eigenvalue weighted by atomic mass is 35.5. The van der Waals surface area contributed by atoms with E-state index in [4.69, 9.17) is 27.9 Å². The maximum absolute atomic E-state index is 6.23. The van der Waals surface area contributed by atoms with Crippen LogP contribution in [-0.2, 0) is 6.42 Å². The van der Waals surface area contributed by atoms with Crippen molar-refractivity contribution >= 4 is 23.2 Å². The zero-order valence-electron chi connectivity index (χ0n) is 12.7. The van der Waals surface area contributed by atoms with Crippen molar-refractivity contribution in [2.75, 3.05) is 14.2 Å². The van der Waals surface area contributed by atoms with Crippen LogP contribution in [0.15, 0.2) is 36.4 Å². The van der Waals surface area contributed by atoms with Crippen LogP contribution in [0.3, 0.4) is 0 Å². The molecule has 1 N–H and O–H groups in total. The van der Waals surface area contributed by atoms with Gasteiger partial charge < -0.3 is 10.1 Å². The molecule has 1 aliphatic rings. The Labute approximate surface area is 141 Å². The van der Waals surface area contributed by atoms with E-state index >= 15 is 0 Å². The molecule has 3 rings (SSSR count). The molecule has 2 unspecified atom stereocenters. The van der Waals surface area contributed by atoms with E-state index in [1.807, 2.05) is 25.2 Å². The van der Waals surface area contributed by atoms with Crippen molar-refractivity contribution in [3.05, 3.63) is 63.1 Å². The van der Waals surface area contributed by atoms with Gasteiger partial charge in [0.05, 0.1) is 17.2 Å². The number of nitrogens with one attached hydrogen (secondary N) is 1. The van der Waals surface area contributed by atoms with Gasteiger partial charge in [-0.15, -0.1) is 0 Å². The van der Waals surface area contributed by atoms with E-state index in [0.717, 1.165) is 18.6 Å². The van der Waals surface area contributed by atoms with Crippen molar-refractivity contribution in [1.82, 2.24) is 5.32 Å². The van der Waals surface area contributed by atoms with E-state index in [-0.39, 0.29) is 5.92 Å². The minimum atomic E-state index is 0.257. The summed E-state index contributed by atoms with van der Waals surface area (Å²) in [7, 11) is 3.74. The fourth-order valence-electron chi connectivity index (χ4n) is 3.34. The smallest absolute Gasteiger partial charge is 0.122 e. The van der Waals surface area contributed by atoms with Gasteiger partial charge in [-0.2, -0.15) is 0 Å². The van der Waals surface area contributed by atoms with E-state index in [1.165, 1.54) is 16.7 Å². The topological polar surface area (TPSA) is 21.3 Å². The summed E-state index contributed by atoms with van der Waals surface area (Å²) in [6, 6.07) is 12.6. The number of benzene rings is 2. The molecule has 2 aromatic rings. The van der Waals surface area contributed by atoms with Crippen molar-refractivity contribution in [3.8, 4) is 5.75 Å². The third-order valence-electron chi connectivity index (χ3n) is 4.47.